The molecule has 9 heteroatoms. The Bertz CT molecular complexity index is 816. The van der Waals surface area contributed by atoms with Gasteiger partial charge in [-0.25, -0.2) is 5.21 Å². The lowest BCUT2D eigenvalue weighted by molar-refractivity contribution is -0.541. The number of nitro benzene ring substituents is 1. The highest BCUT2D eigenvalue weighted by atomic mass is 16.6. The molecule has 9 nitrogen and oxygen atoms in total. The molecule has 1 saturated heterocycles. The van der Waals surface area contributed by atoms with Crippen molar-refractivity contribution >= 4 is 17.4 Å². The van der Waals surface area contributed by atoms with Crippen LogP contribution in [0.3, 0.4) is 0 Å². The number of hydroxylamine groups is 3. The van der Waals surface area contributed by atoms with Crippen molar-refractivity contribution in [3.8, 4) is 0 Å². The topological polar surface area (TPSA) is 113 Å². The zero-order chi connectivity index (χ0) is 20.1. The molecule has 0 aliphatic carbocycles. The minimum absolute atomic E-state index is 0.0922. The average molecular weight is 376 g/mol. The van der Waals surface area contributed by atoms with Crippen LogP contribution in [0.15, 0.2) is 24.3 Å². The van der Waals surface area contributed by atoms with Crippen LogP contribution in [0.25, 0.3) is 0 Å². The molecular weight excluding hydrogens is 352 g/mol. The van der Waals surface area contributed by atoms with E-state index in [1.807, 2.05) is 0 Å². The summed E-state index contributed by atoms with van der Waals surface area (Å²) >= 11 is 0. The monoisotopic (exact) mass is 376 g/mol. The van der Waals surface area contributed by atoms with Crippen molar-refractivity contribution in [3.05, 3.63) is 45.2 Å². The van der Waals surface area contributed by atoms with E-state index < -0.39 is 22.0 Å². The summed E-state index contributed by atoms with van der Waals surface area (Å²) in [6.45, 7) is 7.53. The number of benzene rings is 1. The lowest BCUT2D eigenvalue weighted by Crippen LogP contribution is -2.55. The van der Waals surface area contributed by atoms with Gasteiger partial charge in [0.1, 0.15) is 11.6 Å². The minimum atomic E-state index is -0.873. The first-order valence-electron chi connectivity index (χ1n) is 8.89. The molecule has 0 spiro atoms. The molecule has 0 aromatic heterocycles. The highest BCUT2D eigenvalue weighted by molar-refractivity contribution is 5.98. The first-order chi connectivity index (χ1) is 12.5. The number of nitro groups is 1. The fourth-order valence-corrected chi connectivity index (χ4v) is 3.61. The Kier molecular flexibility index (Phi) is 4.38. The van der Waals surface area contributed by atoms with Crippen LogP contribution in [0.1, 0.15) is 50.9 Å². The number of rotatable bonds is 3. The maximum Gasteiger partial charge on any atom is 0.304 e. The lowest BCUT2D eigenvalue weighted by Gasteiger charge is -2.33. The summed E-state index contributed by atoms with van der Waals surface area (Å²) in [4.78, 5) is 24.8. The Morgan fingerprint density at radius 3 is 2.33 bits per heavy atom. The third kappa shape index (κ3) is 2.73. The van der Waals surface area contributed by atoms with Crippen molar-refractivity contribution in [1.29, 1.82) is 0 Å². The van der Waals surface area contributed by atoms with Gasteiger partial charge in [0.15, 0.2) is 5.54 Å². The summed E-state index contributed by atoms with van der Waals surface area (Å²) < 4.78 is 0.805. The number of hydrogen-bond acceptors (Lipinski definition) is 6. The molecule has 146 valence electrons. The summed E-state index contributed by atoms with van der Waals surface area (Å²) in [6.07, 6.45) is 1.27. The van der Waals surface area contributed by atoms with E-state index in [0.717, 1.165) is 9.80 Å². The van der Waals surface area contributed by atoms with Gasteiger partial charge in [-0.15, -0.1) is 5.06 Å². The van der Waals surface area contributed by atoms with Crippen molar-refractivity contribution in [3.63, 3.8) is 0 Å². The van der Waals surface area contributed by atoms with E-state index in [9.17, 15) is 25.3 Å². The molecule has 1 amide bonds. The van der Waals surface area contributed by atoms with Gasteiger partial charge in [0.25, 0.3) is 11.6 Å². The van der Waals surface area contributed by atoms with Crippen LogP contribution in [-0.2, 0) is 0 Å². The highest BCUT2D eigenvalue weighted by Crippen LogP contribution is 2.38. The van der Waals surface area contributed by atoms with Crippen LogP contribution >= 0.6 is 0 Å². The molecule has 3 rings (SSSR count). The second-order valence-electron chi connectivity index (χ2n) is 8.04. The van der Waals surface area contributed by atoms with E-state index in [0.29, 0.717) is 24.9 Å². The standard InChI is InChI=1S/C18H24N4O5/c1-17(2)18(3,4)21(25)15(20(17)24)14-6-5-11-19(14)16(23)12-7-9-13(10-8-12)22(26)27/h7-10,14,24H,5-6,11H2,1-4H3. The van der Waals surface area contributed by atoms with Gasteiger partial charge in [0.2, 0.25) is 0 Å². The zero-order valence-corrected chi connectivity index (χ0v) is 15.9. The first-order valence-corrected chi connectivity index (χ1v) is 8.89. The van der Waals surface area contributed by atoms with Crippen LogP contribution in [0.4, 0.5) is 5.69 Å². The van der Waals surface area contributed by atoms with E-state index in [-0.39, 0.29) is 17.4 Å². The molecule has 2 aliphatic heterocycles. The second-order valence-corrected chi connectivity index (χ2v) is 8.04. The maximum absolute atomic E-state index is 13.0. The molecule has 1 unspecified atom stereocenters. The minimum Gasteiger partial charge on any atom is -0.715 e. The molecule has 0 saturated carbocycles. The Hall–Kier alpha value is -2.68. The van der Waals surface area contributed by atoms with Gasteiger partial charge in [-0.05, 0) is 52.7 Å². The highest BCUT2D eigenvalue weighted by Gasteiger charge is 2.61. The van der Waals surface area contributed by atoms with Crippen molar-refractivity contribution in [2.75, 3.05) is 6.54 Å². The van der Waals surface area contributed by atoms with Crippen molar-refractivity contribution in [1.82, 2.24) is 9.96 Å². The first kappa shape index (κ1) is 19.1. The maximum atomic E-state index is 13.0. The van der Waals surface area contributed by atoms with Gasteiger partial charge in [-0.1, -0.05) is 0 Å². The second kappa shape index (κ2) is 6.19. The SMILES string of the molecule is CC1(C)N(O)C(C2CCCN2C(=O)c2ccc([N+](=O)[O-])cc2)=[N+]([O-])C1(C)C. The fourth-order valence-electron chi connectivity index (χ4n) is 3.61. The summed E-state index contributed by atoms with van der Waals surface area (Å²) in [7, 11) is 0. The van der Waals surface area contributed by atoms with E-state index in [2.05, 4.69) is 0 Å². The van der Waals surface area contributed by atoms with Crippen LogP contribution in [-0.4, -0.2) is 60.2 Å². The van der Waals surface area contributed by atoms with E-state index >= 15 is 0 Å². The van der Waals surface area contributed by atoms with E-state index in [4.69, 9.17) is 0 Å². The number of likely N-dealkylation sites (tertiary alicyclic amines) is 1. The smallest absolute Gasteiger partial charge is 0.304 e. The molecule has 2 aliphatic rings. The predicted octanol–water partition coefficient (Wildman–Crippen LogP) is 2.37. The zero-order valence-electron chi connectivity index (χ0n) is 15.9. The van der Waals surface area contributed by atoms with Gasteiger partial charge in [-0.3, -0.25) is 19.6 Å². The number of amidine groups is 1. The van der Waals surface area contributed by atoms with Crippen LogP contribution in [0.2, 0.25) is 0 Å². The Morgan fingerprint density at radius 2 is 1.85 bits per heavy atom. The van der Waals surface area contributed by atoms with E-state index in [1.165, 1.54) is 24.3 Å². The fraction of sp³-hybridized carbons (Fsp3) is 0.556. The summed E-state index contributed by atoms with van der Waals surface area (Å²) in [5.74, 6) is -0.151. The molecular formula is C18H24N4O5. The predicted molar refractivity (Wildman–Crippen MR) is 97.6 cm³/mol. The third-order valence-electron chi connectivity index (χ3n) is 6.10. The van der Waals surface area contributed by atoms with Crippen LogP contribution in [0.5, 0.6) is 0 Å². The van der Waals surface area contributed by atoms with Crippen molar-refractivity contribution in [2.45, 2.75) is 57.7 Å². The number of carbonyl (C=O) groups is 1. The van der Waals surface area contributed by atoms with Crippen molar-refractivity contribution in [2.24, 2.45) is 0 Å². The molecule has 27 heavy (non-hydrogen) atoms. The number of carbonyl (C=O) groups excluding carboxylic acids is 1. The normalized spacial score (nSPS) is 23.8. The average Bonchev–Trinajstić information content (AvgIpc) is 3.13. The van der Waals surface area contributed by atoms with Crippen molar-refractivity contribution < 1.29 is 19.7 Å². The molecule has 1 fully saturated rings. The summed E-state index contributed by atoms with van der Waals surface area (Å²) in [5, 5.41) is 35.4. The van der Waals surface area contributed by atoms with E-state index in [1.54, 1.807) is 32.6 Å². The lowest BCUT2D eigenvalue weighted by atomic mass is 9.84. The quantitative estimate of drug-likeness (QED) is 0.375. The Balaban J connectivity index is 1.93. The Labute approximate surface area is 157 Å². The Morgan fingerprint density at radius 1 is 1.26 bits per heavy atom. The van der Waals surface area contributed by atoms with Crippen LogP contribution < -0.4 is 0 Å². The number of nitrogens with zero attached hydrogens (tertiary/aromatic N) is 4. The molecule has 0 bridgehead atoms. The van der Waals surface area contributed by atoms with Gasteiger partial charge in [0.05, 0.1) is 4.92 Å². The summed E-state index contributed by atoms with van der Waals surface area (Å²) in [6, 6.07) is 4.84. The van der Waals surface area contributed by atoms with Gasteiger partial charge in [-0.2, -0.15) is 0 Å². The molecule has 1 atom stereocenters. The van der Waals surface area contributed by atoms with Gasteiger partial charge in [0, 0.05) is 24.2 Å². The molecule has 2 heterocycles. The molecule has 1 aromatic carbocycles. The number of non-ortho nitro benzene ring substituents is 1. The molecule has 0 radical (unpaired) electrons. The largest absolute Gasteiger partial charge is 0.715 e. The molecule has 1 N–H and O–H groups in total. The third-order valence-corrected chi connectivity index (χ3v) is 6.10. The molecule has 1 aromatic rings. The number of hydrogen-bond donors (Lipinski definition) is 1. The number of amides is 1. The van der Waals surface area contributed by atoms with Gasteiger partial charge < -0.3 is 10.1 Å². The van der Waals surface area contributed by atoms with Gasteiger partial charge >= 0.3 is 5.84 Å². The summed E-state index contributed by atoms with van der Waals surface area (Å²) in [5.41, 5.74) is -1.48. The van der Waals surface area contributed by atoms with Crippen LogP contribution in [0, 0.1) is 15.3 Å².